The Bertz CT molecular complexity index is 242. The average molecular weight is 240 g/mol. The second-order valence-electron chi connectivity index (χ2n) is 4.69. The van der Waals surface area contributed by atoms with Gasteiger partial charge < -0.3 is 9.84 Å². The van der Waals surface area contributed by atoms with E-state index >= 15 is 0 Å². The molecule has 1 aliphatic rings. The van der Waals surface area contributed by atoms with Gasteiger partial charge in [-0.15, -0.1) is 0 Å². The molecule has 0 heterocycles. The zero-order valence-corrected chi connectivity index (χ0v) is 10.7. The van der Waals surface area contributed by atoms with Crippen LogP contribution in [0.2, 0.25) is 0 Å². The summed E-state index contributed by atoms with van der Waals surface area (Å²) in [7, 11) is 0. The smallest absolute Gasteiger partial charge is 0.332 e. The number of aliphatic carboxylic acids is 1. The van der Waals surface area contributed by atoms with Crippen LogP contribution in [0, 0.1) is 5.92 Å². The van der Waals surface area contributed by atoms with Gasteiger partial charge in [0.2, 0.25) is 0 Å². The number of hydrogen-bond acceptors (Lipinski definition) is 2. The Morgan fingerprint density at radius 3 is 2.76 bits per heavy atom. The Balaban J connectivity index is 2.10. The topological polar surface area (TPSA) is 46.5 Å². The van der Waals surface area contributed by atoms with Crippen molar-refractivity contribution in [1.82, 2.24) is 0 Å². The van der Waals surface area contributed by atoms with E-state index in [2.05, 4.69) is 12.2 Å². The van der Waals surface area contributed by atoms with Crippen LogP contribution in [0.5, 0.6) is 0 Å². The van der Waals surface area contributed by atoms with E-state index in [9.17, 15) is 4.79 Å². The highest BCUT2D eigenvalue weighted by molar-refractivity contribution is 5.72. The molecule has 0 aromatic carbocycles. The lowest BCUT2D eigenvalue weighted by atomic mass is 10.1. The summed E-state index contributed by atoms with van der Waals surface area (Å²) in [5.41, 5.74) is 0. The molecule has 0 saturated heterocycles. The SMILES string of the molecule is CCO[C@H](CCC/C=C/C1CCCC1)C(=O)O. The summed E-state index contributed by atoms with van der Waals surface area (Å²) in [6.45, 7) is 2.30. The Morgan fingerprint density at radius 1 is 1.47 bits per heavy atom. The van der Waals surface area contributed by atoms with Gasteiger partial charge in [0, 0.05) is 6.61 Å². The molecule has 0 aromatic heterocycles. The van der Waals surface area contributed by atoms with Crippen LogP contribution in [-0.2, 0) is 9.53 Å². The first-order chi connectivity index (χ1) is 8.24. The number of ether oxygens (including phenoxy) is 1. The van der Waals surface area contributed by atoms with Crippen LogP contribution in [0.3, 0.4) is 0 Å². The van der Waals surface area contributed by atoms with Crippen molar-refractivity contribution < 1.29 is 14.6 Å². The molecule has 1 rings (SSSR count). The molecule has 0 spiro atoms. The quantitative estimate of drug-likeness (QED) is 0.522. The van der Waals surface area contributed by atoms with Gasteiger partial charge in [0.25, 0.3) is 0 Å². The van der Waals surface area contributed by atoms with Crippen LogP contribution in [0.15, 0.2) is 12.2 Å². The van der Waals surface area contributed by atoms with Gasteiger partial charge in [0.15, 0.2) is 6.10 Å². The van der Waals surface area contributed by atoms with Crippen LogP contribution < -0.4 is 0 Å². The molecule has 17 heavy (non-hydrogen) atoms. The summed E-state index contributed by atoms with van der Waals surface area (Å²) in [4.78, 5) is 10.8. The summed E-state index contributed by atoms with van der Waals surface area (Å²) in [5.74, 6) is -0.0659. The maximum absolute atomic E-state index is 10.8. The third-order valence-corrected chi connectivity index (χ3v) is 3.29. The summed E-state index contributed by atoms with van der Waals surface area (Å²) < 4.78 is 5.16. The number of carboxylic acids is 1. The first-order valence-corrected chi connectivity index (χ1v) is 6.75. The van der Waals surface area contributed by atoms with Crippen molar-refractivity contribution in [1.29, 1.82) is 0 Å². The van der Waals surface area contributed by atoms with Crippen LogP contribution >= 0.6 is 0 Å². The molecule has 0 radical (unpaired) electrons. The fourth-order valence-electron chi connectivity index (χ4n) is 2.34. The summed E-state index contributed by atoms with van der Waals surface area (Å²) in [6, 6.07) is 0. The van der Waals surface area contributed by atoms with Gasteiger partial charge in [-0.2, -0.15) is 0 Å². The predicted octanol–water partition coefficient (Wildman–Crippen LogP) is 3.39. The van der Waals surface area contributed by atoms with Crippen molar-refractivity contribution in [3.8, 4) is 0 Å². The second kappa shape index (κ2) is 8.29. The van der Waals surface area contributed by atoms with Crippen molar-refractivity contribution in [2.45, 2.75) is 58.0 Å². The van der Waals surface area contributed by atoms with Crippen LogP contribution in [-0.4, -0.2) is 23.8 Å². The number of allylic oxidation sites excluding steroid dienone is 2. The maximum atomic E-state index is 10.8. The van der Waals surface area contributed by atoms with Crippen molar-refractivity contribution in [3.63, 3.8) is 0 Å². The van der Waals surface area contributed by atoms with Gasteiger partial charge in [0.05, 0.1) is 0 Å². The van der Waals surface area contributed by atoms with E-state index in [1.807, 2.05) is 6.92 Å². The molecule has 1 saturated carbocycles. The van der Waals surface area contributed by atoms with Gasteiger partial charge in [-0.3, -0.25) is 0 Å². The Labute approximate surface area is 104 Å². The van der Waals surface area contributed by atoms with E-state index in [1.54, 1.807) is 0 Å². The van der Waals surface area contributed by atoms with E-state index in [-0.39, 0.29) is 0 Å². The van der Waals surface area contributed by atoms with Crippen LogP contribution in [0.25, 0.3) is 0 Å². The molecule has 0 bridgehead atoms. The van der Waals surface area contributed by atoms with E-state index in [0.29, 0.717) is 13.0 Å². The summed E-state index contributed by atoms with van der Waals surface area (Å²) in [6.07, 6.45) is 11.7. The van der Waals surface area contributed by atoms with Crippen LogP contribution in [0.1, 0.15) is 51.9 Å². The normalized spacial score (nSPS) is 18.9. The molecule has 1 aliphatic carbocycles. The first-order valence-electron chi connectivity index (χ1n) is 6.75. The lowest BCUT2D eigenvalue weighted by Crippen LogP contribution is -2.23. The van der Waals surface area contributed by atoms with Gasteiger partial charge >= 0.3 is 5.97 Å². The van der Waals surface area contributed by atoms with Crippen molar-refractivity contribution in [2.75, 3.05) is 6.61 Å². The van der Waals surface area contributed by atoms with E-state index in [4.69, 9.17) is 9.84 Å². The number of rotatable bonds is 8. The highest BCUT2D eigenvalue weighted by Gasteiger charge is 2.16. The lowest BCUT2D eigenvalue weighted by molar-refractivity contribution is -0.150. The fourth-order valence-corrected chi connectivity index (χ4v) is 2.34. The minimum atomic E-state index is -0.841. The zero-order chi connectivity index (χ0) is 12.5. The Morgan fingerprint density at radius 2 is 2.18 bits per heavy atom. The Hall–Kier alpha value is -0.830. The standard InChI is InChI=1S/C14H24O3/c1-2-17-13(14(15)16)11-5-3-4-8-12-9-6-7-10-12/h4,8,12-13H,2-3,5-7,9-11H2,1H3,(H,15,16)/b8-4+/t13-/m1/s1. The molecule has 0 aromatic rings. The number of unbranched alkanes of at least 4 members (excludes halogenated alkanes) is 1. The molecule has 98 valence electrons. The number of hydrogen-bond donors (Lipinski definition) is 1. The monoisotopic (exact) mass is 240 g/mol. The molecule has 3 nitrogen and oxygen atoms in total. The third kappa shape index (κ3) is 5.87. The van der Waals surface area contributed by atoms with Crippen molar-refractivity contribution in [3.05, 3.63) is 12.2 Å². The molecular formula is C14H24O3. The van der Waals surface area contributed by atoms with E-state index < -0.39 is 12.1 Å². The lowest BCUT2D eigenvalue weighted by Gasteiger charge is -2.11. The van der Waals surface area contributed by atoms with E-state index in [1.165, 1.54) is 25.7 Å². The maximum Gasteiger partial charge on any atom is 0.332 e. The summed E-state index contributed by atoms with van der Waals surface area (Å²) >= 11 is 0. The largest absolute Gasteiger partial charge is 0.479 e. The molecule has 1 atom stereocenters. The second-order valence-corrected chi connectivity index (χ2v) is 4.69. The minimum Gasteiger partial charge on any atom is -0.479 e. The van der Waals surface area contributed by atoms with Gasteiger partial charge in [-0.05, 0) is 44.9 Å². The van der Waals surface area contributed by atoms with Crippen LogP contribution in [0.4, 0.5) is 0 Å². The third-order valence-electron chi connectivity index (χ3n) is 3.29. The van der Waals surface area contributed by atoms with Crippen molar-refractivity contribution >= 4 is 5.97 Å². The summed E-state index contributed by atoms with van der Waals surface area (Å²) in [5, 5.41) is 8.89. The first kappa shape index (κ1) is 14.2. The average Bonchev–Trinajstić information content (AvgIpc) is 2.80. The zero-order valence-electron chi connectivity index (χ0n) is 10.7. The number of carboxylic acid groups (broad SMARTS) is 1. The van der Waals surface area contributed by atoms with E-state index in [0.717, 1.165) is 18.8 Å². The highest BCUT2D eigenvalue weighted by atomic mass is 16.5. The molecule has 1 N–H and O–H groups in total. The highest BCUT2D eigenvalue weighted by Crippen LogP contribution is 2.25. The number of carbonyl (C=O) groups is 1. The molecule has 0 aliphatic heterocycles. The molecular weight excluding hydrogens is 216 g/mol. The molecule has 0 unspecified atom stereocenters. The Kier molecular flexibility index (Phi) is 6.94. The van der Waals surface area contributed by atoms with Gasteiger partial charge in [-0.25, -0.2) is 4.79 Å². The molecule has 3 heteroatoms. The fraction of sp³-hybridized carbons (Fsp3) is 0.786. The minimum absolute atomic E-state index is 0.467. The van der Waals surface area contributed by atoms with Crippen molar-refractivity contribution in [2.24, 2.45) is 5.92 Å². The van der Waals surface area contributed by atoms with Gasteiger partial charge in [0.1, 0.15) is 0 Å². The van der Waals surface area contributed by atoms with Gasteiger partial charge in [-0.1, -0.05) is 25.0 Å². The molecule has 0 amide bonds. The molecule has 1 fully saturated rings. The predicted molar refractivity (Wildman–Crippen MR) is 68.0 cm³/mol.